The van der Waals surface area contributed by atoms with E-state index >= 15 is 0 Å². The first-order chi connectivity index (χ1) is 44.5. The summed E-state index contributed by atoms with van der Waals surface area (Å²) in [5, 5.41) is 14.0. The minimum Gasteiger partial charge on any atom is -0.387 e. The molecule has 0 aliphatic rings. The highest BCUT2D eigenvalue weighted by Crippen LogP contribution is 2.43. The number of nitrogens with one attached hydrogen (secondary N) is 1. The SMILES string of the molecule is CCCCCCC/C=C\C/C=C\CCCCCCCCCCCCCCCCCCCCCCCCCCCC(=O)NC(COP(=O)(O)OCC[N+](C)(C)C)C(O)/C=C/CC/C=C/CC/C=C/CCCCCCCCCCCCCCCCCCCCCCCC. The van der Waals surface area contributed by atoms with Crippen LogP contribution in [0.2, 0.25) is 0 Å². The normalized spacial score (nSPS) is 13.8. The van der Waals surface area contributed by atoms with Crippen LogP contribution in [-0.4, -0.2) is 73.4 Å². The van der Waals surface area contributed by atoms with E-state index in [4.69, 9.17) is 9.05 Å². The second-order valence-corrected chi connectivity index (χ2v) is 30.2. The molecule has 0 radical (unpaired) electrons. The van der Waals surface area contributed by atoms with Crippen LogP contribution in [0.15, 0.2) is 60.8 Å². The van der Waals surface area contributed by atoms with Gasteiger partial charge in [-0.2, -0.15) is 0 Å². The lowest BCUT2D eigenvalue weighted by Gasteiger charge is -2.25. The Labute approximate surface area is 568 Å². The number of phosphoric acid groups is 1. The fourth-order valence-electron chi connectivity index (χ4n) is 12.2. The van der Waals surface area contributed by atoms with Crippen molar-refractivity contribution in [1.29, 1.82) is 0 Å². The summed E-state index contributed by atoms with van der Waals surface area (Å²) in [6, 6.07) is -0.872. The summed E-state index contributed by atoms with van der Waals surface area (Å²) < 4.78 is 23.9. The average molecular weight is 1300 g/mol. The third-order valence-corrected chi connectivity index (χ3v) is 19.4. The van der Waals surface area contributed by atoms with Crippen molar-refractivity contribution in [1.82, 2.24) is 5.32 Å². The van der Waals surface area contributed by atoms with E-state index in [1.807, 2.05) is 27.2 Å². The minimum absolute atomic E-state index is 0.0542. The number of nitrogens with zero attached hydrogens (tertiary/aromatic N) is 1. The first-order valence-electron chi connectivity index (χ1n) is 40.2. The molecule has 3 atom stereocenters. The van der Waals surface area contributed by atoms with Crippen LogP contribution in [0.4, 0.5) is 0 Å². The molecule has 0 rings (SSSR count). The van der Waals surface area contributed by atoms with Crippen LogP contribution in [0.3, 0.4) is 0 Å². The van der Waals surface area contributed by atoms with Crippen molar-refractivity contribution in [2.45, 2.75) is 418 Å². The van der Waals surface area contributed by atoms with Crippen LogP contribution in [0.25, 0.3) is 0 Å². The molecule has 0 aromatic carbocycles. The first kappa shape index (κ1) is 89.2. The van der Waals surface area contributed by atoms with Gasteiger partial charge in [-0.1, -0.05) is 383 Å². The zero-order valence-electron chi connectivity index (χ0n) is 61.6. The Kier molecular flexibility index (Phi) is 71.0. The summed E-state index contributed by atoms with van der Waals surface area (Å²) in [7, 11) is 1.56. The van der Waals surface area contributed by atoms with E-state index in [0.29, 0.717) is 17.4 Å². The molecule has 0 aromatic heterocycles. The van der Waals surface area contributed by atoms with Crippen molar-refractivity contribution in [2.24, 2.45) is 0 Å². The number of quaternary nitrogens is 1. The minimum atomic E-state index is -4.37. The maximum absolute atomic E-state index is 13.1. The lowest BCUT2D eigenvalue weighted by atomic mass is 10.0. The zero-order valence-corrected chi connectivity index (χ0v) is 62.5. The molecule has 9 heteroatoms. The monoisotopic (exact) mass is 1300 g/mol. The highest BCUT2D eigenvalue weighted by molar-refractivity contribution is 7.47. The van der Waals surface area contributed by atoms with Gasteiger partial charge in [0.25, 0.3) is 0 Å². The van der Waals surface area contributed by atoms with Crippen molar-refractivity contribution >= 4 is 13.7 Å². The number of allylic oxidation sites excluding steroid dienone is 9. The van der Waals surface area contributed by atoms with Gasteiger partial charge in [0.15, 0.2) is 0 Å². The van der Waals surface area contributed by atoms with E-state index < -0.39 is 20.0 Å². The number of carbonyl (C=O) groups excluding carboxylic acids is 1. The lowest BCUT2D eigenvalue weighted by molar-refractivity contribution is -0.870. The van der Waals surface area contributed by atoms with Gasteiger partial charge in [-0.05, 0) is 77.0 Å². The maximum Gasteiger partial charge on any atom is 0.472 e. The fraction of sp³-hybridized carbons (Fsp3) is 0.866. The van der Waals surface area contributed by atoms with Crippen LogP contribution in [-0.2, 0) is 18.4 Å². The quantitative estimate of drug-likeness (QED) is 0.0243. The molecule has 0 saturated heterocycles. The molecule has 1 amide bonds. The molecule has 0 aliphatic carbocycles. The number of hydrogen-bond donors (Lipinski definition) is 3. The van der Waals surface area contributed by atoms with Gasteiger partial charge in [0.05, 0.1) is 39.9 Å². The van der Waals surface area contributed by atoms with Gasteiger partial charge in [0, 0.05) is 6.42 Å². The van der Waals surface area contributed by atoms with Crippen molar-refractivity contribution < 1.29 is 32.9 Å². The molecule has 3 N–H and O–H groups in total. The molecule has 0 aromatic rings. The third-order valence-electron chi connectivity index (χ3n) is 18.4. The zero-order chi connectivity index (χ0) is 66.2. The van der Waals surface area contributed by atoms with Crippen molar-refractivity contribution in [2.75, 3.05) is 40.9 Å². The number of aliphatic hydroxyl groups excluding tert-OH is 1. The van der Waals surface area contributed by atoms with E-state index in [1.54, 1.807) is 6.08 Å². The van der Waals surface area contributed by atoms with E-state index in [0.717, 1.165) is 51.4 Å². The highest BCUT2D eigenvalue weighted by atomic mass is 31.2. The van der Waals surface area contributed by atoms with Crippen molar-refractivity contribution in [3.05, 3.63) is 60.8 Å². The Morgan fingerprint density at radius 1 is 0.374 bits per heavy atom. The fourth-order valence-corrected chi connectivity index (χ4v) is 13.0. The predicted molar refractivity (Wildman–Crippen MR) is 401 cm³/mol. The molecule has 91 heavy (non-hydrogen) atoms. The number of hydrogen-bond acceptors (Lipinski definition) is 5. The molecule has 0 heterocycles. The van der Waals surface area contributed by atoms with Gasteiger partial charge < -0.3 is 19.8 Å². The summed E-state index contributed by atoms with van der Waals surface area (Å²) in [6.45, 7) is 4.83. The summed E-state index contributed by atoms with van der Waals surface area (Å²) in [4.78, 5) is 23.5. The highest BCUT2D eigenvalue weighted by Gasteiger charge is 2.28. The molecule has 0 aliphatic heterocycles. The molecule has 0 spiro atoms. The third kappa shape index (κ3) is 75.4. The standard InChI is InChI=1S/C82H157N2O6P/c1-6-8-10-12-14-16-18-20-22-24-26-28-30-32-34-36-38-40-41-42-43-44-46-48-50-52-54-56-58-60-62-64-66-68-70-72-74-76-82(86)83-80(79-90-91(87,88)89-78-77-84(3,4)5)81(85)75-73-71-69-67-65-63-61-59-57-55-53-51-49-47-45-39-37-35-33-31-29-27-25-23-21-19-17-15-13-11-9-7-2/h18,20,24,26,57,59,65,67,73,75,80-81,85H,6-17,19,21-23,25,27-56,58,60-64,66,68-72,74,76-79H2,1-5H3,(H-,83,86,87,88)/p+1/b20-18-,26-24-,59-57+,67-65+,75-73+. The van der Waals surface area contributed by atoms with Gasteiger partial charge >= 0.3 is 7.82 Å². The second kappa shape index (κ2) is 72.5. The van der Waals surface area contributed by atoms with Crippen LogP contribution in [0, 0.1) is 0 Å². The second-order valence-electron chi connectivity index (χ2n) is 28.8. The van der Waals surface area contributed by atoms with Crippen LogP contribution in [0.1, 0.15) is 406 Å². The van der Waals surface area contributed by atoms with E-state index in [9.17, 15) is 19.4 Å². The molecular weight excluding hydrogens is 1140 g/mol. The Hall–Kier alpha value is -1.80. The van der Waals surface area contributed by atoms with Crippen molar-refractivity contribution in [3.8, 4) is 0 Å². The molecule has 536 valence electrons. The summed E-state index contributed by atoms with van der Waals surface area (Å²) in [6.07, 6.45) is 101. The average Bonchev–Trinajstić information content (AvgIpc) is 3.42. The van der Waals surface area contributed by atoms with Crippen LogP contribution >= 0.6 is 7.82 Å². The van der Waals surface area contributed by atoms with Gasteiger partial charge in [0.1, 0.15) is 13.2 Å². The van der Waals surface area contributed by atoms with Crippen molar-refractivity contribution in [3.63, 3.8) is 0 Å². The molecule has 0 saturated carbocycles. The van der Waals surface area contributed by atoms with Gasteiger partial charge in [-0.25, -0.2) is 4.57 Å². The molecule has 8 nitrogen and oxygen atoms in total. The molecule has 3 unspecified atom stereocenters. The Morgan fingerprint density at radius 2 is 0.637 bits per heavy atom. The number of aliphatic hydroxyl groups is 1. The number of phosphoric ester groups is 1. The van der Waals surface area contributed by atoms with Crippen LogP contribution < -0.4 is 5.32 Å². The van der Waals surface area contributed by atoms with E-state index in [2.05, 4.69) is 67.8 Å². The summed E-state index contributed by atoms with van der Waals surface area (Å²) >= 11 is 0. The summed E-state index contributed by atoms with van der Waals surface area (Å²) in [5.74, 6) is -0.183. The smallest absolute Gasteiger partial charge is 0.387 e. The van der Waals surface area contributed by atoms with Gasteiger partial charge in [0.2, 0.25) is 5.91 Å². The van der Waals surface area contributed by atoms with E-state index in [1.165, 1.54) is 334 Å². The number of unbranched alkanes of at least 4 members (excludes halogenated alkanes) is 54. The number of amides is 1. The molecule has 0 fully saturated rings. The molecular formula is C82H158N2O6P+. The number of carbonyl (C=O) groups is 1. The number of likely N-dealkylation sites (N-methyl/N-ethyl adjacent to an activating group) is 1. The Bertz CT molecular complexity index is 1670. The van der Waals surface area contributed by atoms with Crippen LogP contribution in [0.5, 0.6) is 0 Å². The van der Waals surface area contributed by atoms with Gasteiger partial charge in [-0.3, -0.25) is 13.8 Å². The summed E-state index contributed by atoms with van der Waals surface area (Å²) in [5.41, 5.74) is 0. The predicted octanol–water partition coefficient (Wildman–Crippen LogP) is 26.3. The Morgan fingerprint density at radius 3 is 0.945 bits per heavy atom. The lowest BCUT2D eigenvalue weighted by Crippen LogP contribution is -2.45. The maximum atomic E-state index is 13.1. The van der Waals surface area contributed by atoms with E-state index in [-0.39, 0.29) is 19.1 Å². The largest absolute Gasteiger partial charge is 0.472 e. The van der Waals surface area contributed by atoms with Gasteiger partial charge in [-0.15, -0.1) is 0 Å². The number of rotatable bonds is 75. The molecule has 0 bridgehead atoms. The first-order valence-corrected chi connectivity index (χ1v) is 41.7. The Balaban J connectivity index is 4.00. The topological polar surface area (TPSA) is 105 Å².